The van der Waals surface area contributed by atoms with Crippen molar-refractivity contribution in [3.05, 3.63) is 0 Å². The lowest BCUT2D eigenvalue weighted by atomic mass is 9.80. The molecule has 0 rings (SSSR count). The highest BCUT2D eigenvalue weighted by Crippen LogP contribution is 2.26. The van der Waals surface area contributed by atoms with Gasteiger partial charge in [0.25, 0.3) is 5.91 Å². The van der Waals surface area contributed by atoms with Crippen LogP contribution in [0.2, 0.25) is 0 Å². The molecule has 0 aliphatic rings. The topological polar surface area (TPSA) is 64.6 Å². The number of imide groups is 1. The summed E-state index contributed by atoms with van der Waals surface area (Å²) in [6.45, 7) is 8.89. The van der Waals surface area contributed by atoms with Gasteiger partial charge in [0.05, 0.1) is 0 Å². The van der Waals surface area contributed by atoms with E-state index in [9.17, 15) is 9.59 Å². The zero-order valence-electron chi connectivity index (χ0n) is 11.7. The highest BCUT2D eigenvalue weighted by molar-refractivity contribution is 6.00. The molecule has 0 atom stereocenters. The molecule has 100 valence electrons. The van der Waals surface area contributed by atoms with Gasteiger partial charge in [0.2, 0.25) is 11.7 Å². The number of carbonyl (C=O) groups excluding carboxylic acids is 2. The van der Waals surface area contributed by atoms with E-state index in [0.29, 0.717) is 0 Å². The van der Waals surface area contributed by atoms with Crippen molar-refractivity contribution in [3.63, 3.8) is 0 Å². The first-order chi connectivity index (χ1) is 7.61. The Bertz CT molecular complexity index is 278. The van der Waals surface area contributed by atoms with Crippen molar-refractivity contribution in [2.75, 3.05) is 14.2 Å². The van der Waals surface area contributed by atoms with Crippen LogP contribution >= 0.6 is 0 Å². The minimum absolute atomic E-state index is 0.117. The predicted octanol–water partition coefficient (Wildman–Crippen LogP) is 1.32. The Hall–Kier alpha value is -0.940. The second-order valence-electron chi connectivity index (χ2n) is 5.01. The Balaban J connectivity index is 4.77. The van der Waals surface area contributed by atoms with Crippen molar-refractivity contribution in [1.29, 1.82) is 0 Å². The molecule has 5 nitrogen and oxygen atoms in total. The van der Waals surface area contributed by atoms with Gasteiger partial charge >= 0.3 is 0 Å². The molecule has 0 radical (unpaired) electrons. The molecule has 0 bridgehead atoms. The Morgan fingerprint density at radius 2 is 1.41 bits per heavy atom. The van der Waals surface area contributed by atoms with Crippen LogP contribution in [-0.2, 0) is 19.1 Å². The summed E-state index contributed by atoms with van der Waals surface area (Å²) in [5.74, 6) is -2.26. The quantitative estimate of drug-likeness (QED) is 0.742. The minimum Gasteiger partial charge on any atom is -0.346 e. The van der Waals surface area contributed by atoms with Gasteiger partial charge < -0.3 is 9.47 Å². The van der Waals surface area contributed by atoms with Gasteiger partial charge in [-0.2, -0.15) is 0 Å². The van der Waals surface area contributed by atoms with E-state index in [0.717, 1.165) is 0 Å². The fourth-order valence-electron chi connectivity index (χ4n) is 0.909. The van der Waals surface area contributed by atoms with Gasteiger partial charge in [-0.25, -0.2) is 0 Å². The SMILES string of the molecule is COC(C)(OC)C(=O)NC(=O)C(C)(C)C(C)C. The standard InChI is InChI=1S/C12H23NO4/c1-8(2)11(3,4)9(14)13-10(15)12(5,16-6)17-7/h8H,1-7H3,(H,13,14,15). The van der Waals surface area contributed by atoms with E-state index in [4.69, 9.17) is 9.47 Å². The first kappa shape index (κ1) is 16.1. The van der Waals surface area contributed by atoms with E-state index < -0.39 is 17.1 Å². The Morgan fingerprint density at radius 1 is 1.00 bits per heavy atom. The number of hydrogen-bond acceptors (Lipinski definition) is 4. The minimum atomic E-state index is -1.44. The monoisotopic (exact) mass is 245 g/mol. The number of amides is 2. The summed E-state index contributed by atoms with van der Waals surface area (Å²) in [4.78, 5) is 23.8. The normalized spacial score (nSPS) is 12.7. The molecule has 0 aromatic heterocycles. The Labute approximate surface area is 103 Å². The van der Waals surface area contributed by atoms with Gasteiger partial charge in [0.15, 0.2) is 0 Å². The van der Waals surface area contributed by atoms with Crippen LogP contribution in [0, 0.1) is 11.3 Å². The van der Waals surface area contributed by atoms with Crippen molar-refractivity contribution in [3.8, 4) is 0 Å². The summed E-state index contributed by atoms with van der Waals surface area (Å²) in [6.07, 6.45) is 0. The van der Waals surface area contributed by atoms with E-state index in [-0.39, 0.29) is 11.8 Å². The van der Waals surface area contributed by atoms with Crippen molar-refractivity contribution in [2.24, 2.45) is 11.3 Å². The molecule has 0 heterocycles. The maximum Gasteiger partial charge on any atom is 0.286 e. The number of hydrogen-bond donors (Lipinski definition) is 1. The smallest absolute Gasteiger partial charge is 0.286 e. The number of ether oxygens (including phenoxy) is 2. The van der Waals surface area contributed by atoms with Gasteiger partial charge in [0.1, 0.15) is 0 Å². The van der Waals surface area contributed by atoms with Crippen LogP contribution in [0.15, 0.2) is 0 Å². The molecule has 0 unspecified atom stereocenters. The summed E-state index contributed by atoms with van der Waals surface area (Å²) in [6, 6.07) is 0. The molecule has 0 aromatic rings. The molecule has 2 amide bonds. The van der Waals surface area contributed by atoms with E-state index in [2.05, 4.69) is 5.32 Å². The first-order valence-corrected chi connectivity index (χ1v) is 5.58. The lowest BCUT2D eigenvalue weighted by molar-refractivity contribution is -0.201. The Morgan fingerprint density at radius 3 is 1.71 bits per heavy atom. The molecule has 0 aliphatic carbocycles. The van der Waals surface area contributed by atoms with E-state index in [1.165, 1.54) is 21.1 Å². The molecular formula is C12H23NO4. The van der Waals surface area contributed by atoms with Crippen molar-refractivity contribution in [2.45, 2.75) is 40.4 Å². The number of rotatable bonds is 5. The third-order valence-corrected chi connectivity index (χ3v) is 3.45. The van der Waals surface area contributed by atoms with Gasteiger partial charge in [-0.05, 0) is 12.8 Å². The van der Waals surface area contributed by atoms with Gasteiger partial charge in [-0.3, -0.25) is 14.9 Å². The summed E-state index contributed by atoms with van der Waals surface area (Å²) >= 11 is 0. The van der Waals surface area contributed by atoms with Crippen LogP contribution < -0.4 is 5.32 Å². The number of nitrogens with one attached hydrogen (secondary N) is 1. The van der Waals surface area contributed by atoms with Crippen LogP contribution in [0.1, 0.15) is 34.6 Å². The molecule has 0 saturated carbocycles. The van der Waals surface area contributed by atoms with Crippen molar-refractivity contribution < 1.29 is 19.1 Å². The van der Waals surface area contributed by atoms with Crippen molar-refractivity contribution >= 4 is 11.8 Å². The molecule has 0 saturated heterocycles. The highest BCUT2D eigenvalue weighted by atomic mass is 16.7. The largest absolute Gasteiger partial charge is 0.346 e. The summed E-state index contributed by atoms with van der Waals surface area (Å²) < 4.78 is 9.87. The van der Waals surface area contributed by atoms with Crippen LogP contribution in [0.4, 0.5) is 0 Å². The van der Waals surface area contributed by atoms with Gasteiger partial charge in [-0.15, -0.1) is 0 Å². The molecule has 5 heteroatoms. The van der Waals surface area contributed by atoms with E-state index in [1.807, 2.05) is 13.8 Å². The molecule has 1 N–H and O–H groups in total. The molecular weight excluding hydrogens is 222 g/mol. The number of carbonyl (C=O) groups is 2. The van der Waals surface area contributed by atoms with Gasteiger partial charge in [-0.1, -0.05) is 27.7 Å². The number of methoxy groups -OCH3 is 2. The summed E-state index contributed by atoms with van der Waals surface area (Å²) in [5.41, 5.74) is -0.627. The van der Waals surface area contributed by atoms with E-state index >= 15 is 0 Å². The lowest BCUT2D eigenvalue weighted by Crippen LogP contribution is -2.53. The van der Waals surface area contributed by atoms with Crippen LogP contribution in [-0.4, -0.2) is 31.8 Å². The molecule has 17 heavy (non-hydrogen) atoms. The van der Waals surface area contributed by atoms with Crippen LogP contribution in [0.3, 0.4) is 0 Å². The second-order valence-corrected chi connectivity index (χ2v) is 5.01. The zero-order chi connectivity index (χ0) is 13.9. The van der Waals surface area contributed by atoms with E-state index in [1.54, 1.807) is 13.8 Å². The molecule has 0 fully saturated rings. The zero-order valence-corrected chi connectivity index (χ0v) is 11.7. The second kappa shape index (κ2) is 5.60. The van der Waals surface area contributed by atoms with Crippen LogP contribution in [0.5, 0.6) is 0 Å². The van der Waals surface area contributed by atoms with Crippen LogP contribution in [0.25, 0.3) is 0 Å². The maximum atomic E-state index is 12.0. The summed E-state index contributed by atoms with van der Waals surface area (Å²) in [5, 5.41) is 2.32. The highest BCUT2D eigenvalue weighted by Gasteiger charge is 2.38. The predicted molar refractivity (Wildman–Crippen MR) is 64.2 cm³/mol. The molecule has 0 aromatic carbocycles. The van der Waals surface area contributed by atoms with Crippen molar-refractivity contribution in [1.82, 2.24) is 5.32 Å². The third-order valence-electron chi connectivity index (χ3n) is 3.45. The first-order valence-electron chi connectivity index (χ1n) is 5.58. The lowest BCUT2D eigenvalue weighted by Gasteiger charge is -2.30. The molecule has 0 spiro atoms. The third kappa shape index (κ3) is 3.51. The maximum absolute atomic E-state index is 12.0. The fourth-order valence-corrected chi connectivity index (χ4v) is 0.909. The van der Waals surface area contributed by atoms with Gasteiger partial charge in [0, 0.05) is 19.6 Å². The summed E-state index contributed by atoms with van der Waals surface area (Å²) in [7, 11) is 2.70. The Kier molecular flexibility index (Phi) is 5.29. The average molecular weight is 245 g/mol. The molecule has 0 aliphatic heterocycles. The average Bonchev–Trinajstić information content (AvgIpc) is 2.27. The fraction of sp³-hybridized carbons (Fsp3) is 0.833.